The van der Waals surface area contributed by atoms with Gasteiger partial charge in [-0.05, 0) is 52.5 Å². The van der Waals surface area contributed by atoms with Gasteiger partial charge in [0.15, 0.2) is 5.69 Å². The first kappa shape index (κ1) is 26.0. The predicted molar refractivity (Wildman–Crippen MR) is 132 cm³/mol. The van der Waals surface area contributed by atoms with Crippen LogP contribution in [0.5, 0.6) is 0 Å². The molecule has 0 bridgehead atoms. The molecule has 1 aliphatic heterocycles. The van der Waals surface area contributed by atoms with E-state index >= 15 is 0 Å². The second-order valence-electron chi connectivity index (χ2n) is 9.92. The number of esters is 1. The third-order valence-electron chi connectivity index (χ3n) is 6.21. The number of hydrogen-bond donors (Lipinski definition) is 3. The highest BCUT2D eigenvalue weighted by Crippen LogP contribution is 2.34. The van der Waals surface area contributed by atoms with Crippen LogP contribution in [0.2, 0.25) is 0 Å². The van der Waals surface area contributed by atoms with Crippen LogP contribution in [0.3, 0.4) is 0 Å². The number of fused-ring (bicyclic) bond motifs is 1. The van der Waals surface area contributed by atoms with Crippen LogP contribution >= 0.6 is 0 Å². The Hall–Kier alpha value is -2.65. The Balaban J connectivity index is 2.10. The lowest BCUT2D eigenvalue weighted by Crippen LogP contribution is -2.29. The lowest BCUT2D eigenvalue weighted by Gasteiger charge is -2.23. The standard InChI is InChI=1S/C25H38N4O5/c1-7-15(2)23(30)28-20-19-11-17(27-16(3)12-25(4,5)32)13-26-22(19)29(21(20)24(31)33-6)14-18-9-8-10-34-18/h11,13,15-16,18,27,32H,7-10,12,14H2,1-6H3,(H,28,30)/t15-,16+,18+/m1/s1. The van der Waals surface area contributed by atoms with Gasteiger partial charge in [-0.3, -0.25) is 4.79 Å². The Kier molecular flexibility index (Phi) is 8.20. The number of nitrogens with one attached hydrogen (secondary N) is 2. The van der Waals surface area contributed by atoms with Gasteiger partial charge >= 0.3 is 5.97 Å². The average molecular weight is 475 g/mol. The SMILES string of the molecule is CC[C@@H](C)C(=O)Nc1c(C(=O)OC)n(C[C@@H]2CCCO2)c2ncc(N[C@@H](C)CC(C)(C)O)cc12. The molecule has 1 fully saturated rings. The number of ether oxygens (including phenoxy) is 2. The fourth-order valence-corrected chi connectivity index (χ4v) is 4.43. The van der Waals surface area contributed by atoms with Crippen molar-refractivity contribution in [2.45, 2.75) is 84.6 Å². The van der Waals surface area contributed by atoms with Gasteiger partial charge in [0.1, 0.15) is 5.65 Å². The summed E-state index contributed by atoms with van der Waals surface area (Å²) < 4.78 is 12.7. The number of rotatable bonds is 10. The zero-order valence-electron chi connectivity index (χ0n) is 21.1. The van der Waals surface area contributed by atoms with Gasteiger partial charge in [0, 0.05) is 24.0 Å². The largest absolute Gasteiger partial charge is 0.464 e. The van der Waals surface area contributed by atoms with E-state index in [1.54, 1.807) is 24.6 Å². The van der Waals surface area contributed by atoms with Gasteiger partial charge in [0.2, 0.25) is 5.91 Å². The highest BCUT2D eigenvalue weighted by atomic mass is 16.5. The molecule has 3 atom stereocenters. The zero-order chi connectivity index (χ0) is 25.0. The van der Waals surface area contributed by atoms with Crippen molar-refractivity contribution in [3.63, 3.8) is 0 Å². The summed E-state index contributed by atoms with van der Waals surface area (Å²) in [6, 6.07) is 1.86. The van der Waals surface area contributed by atoms with Gasteiger partial charge in [0.25, 0.3) is 0 Å². The summed E-state index contributed by atoms with van der Waals surface area (Å²) in [6.07, 6.45) is 4.74. The molecule has 0 spiro atoms. The molecular weight excluding hydrogens is 436 g/mol. The van der Waals surface area contributed by atoms with Crippen molar-refractivity contribution in [1.82, 2.24) is 9.55 Å². The molecule has 1 saturated heterocycles. The number of anilines is 2. The van der Waals surface area contributed by atoms with Crippen LogP contribution in [0.15, 0.2) is 12.3 Å². The fraction of sp³-hybridized carbons (Fsp3) is 0.640. The molecule has 2 aromatic rings. The van der Waals surface area contributed by atoms with E-state index in [0.717, 1.165) is 18.5 Å². The molecule has 34 heavy (non-hydrogen) atoms. The number of methoxy groups -OCH3 is 1. The molecule has 1 aliphatic rings. The fourth-order valence-electron chi connectivity index (χ4n) is 4.43. The van der Waals surface area contributed by atoms with Gasteiger partial charge < -0.3 is 29.8 Å². The van der Waals surface area contributed by atoms with Gasteiger partial charge in [-0.1, -0.05) is 13.8 Å². The number of nitrogens with zero attached hydrogens (tertiary/aromatic N) is 2. The third kappa shape index (κ3) is 6.07. The molecule has 1 amide bonds. The Morgan fingerprint density at radius 3 is 2.71 bits per heavy atom. The van der Waals surface area contributed by atoms with Crippen molar-refractivity contribution >= 4 is 34.3 Å². The predicted octanol–water partition coefficient (Wildman–Crippen LogP) is 3.95. The number of carbonyl (C=O) groups excluding carboxylic acids is 2. The highest BCUT2D eigenvalue weighted by molar-refractivity contribution is 6.11. The smallest absolute Gasteiger partial charge is 0.356 e. The summed E-state index contributed by atoms with van der Waals surface area (Å²) in [5.41, 5.74) is 1.16. The number of pyridine rings is 1. The second-order valence-corrected chi connectivity index (χ2v) is 9.92. The van der Waals surface area contributed by atoms with Gasteiger partial charge in [-0.25, -0.2) is 9.78 Å². The van der Waals surface area contributed by atoms with E-state index < -0.39 is 11.6 Å². The zero-order valence-corrected chi connectivity index (χ0v) is 21.1. The van der Waals surface area contributed by atoms with E-state index in [0.29, 0.717) is 42.7 Å². The molecule has 9 heteroatoms. The van der Waals surface area contributed by atoms with Crippen LogP contribution in [0.25, 0.3) is 11.0 Å². The molecule has 0 saturated carbocycles. The maximum atomic E-state index is 12.9. The van der Waals surface area contributed by atoms with Gasteiger partial charge in [-0.2, -0.15) is 0 Å². The topological polar surface area (TPSA) is 115 Å². The normalized spacial score (nSPS) is 18.0. The van der Waals surface area contributed by atoms with Crippen LogP contribution in [-0.4, -0.2) is 58.0 Å². The molecule has 3 rings (SSSR count). The molecular formula is C25H38N4O5. The molecule has 0 radical (unpaired) electrons. The second kappa shape index (κ2) is 10.7. The Morgan fingerprint density at radius 2 is 2.12 bits per heavy atom. The van der Waals surface area contributed by atoms with E-state index in [9.17, 15) is 14.7 Å². The Labute approximate surface area is 201 Å². The van der Waals surface area contributed by atoms with Gasteiger partial charge in [0.05, 0.1) is 42.9 Å². The van der Waals surface area contributed by atoms with Crippen molar-refractivity contribution in [2.24, 2.45) is 5.92 Å². The van der Waals surface area contributed by atoms with Crippen LogP contribution in [-0.2, 0) is 20.8 Å². The highest BCUT2D eigenvalue weighted by Gasteiger charge is 2.29. The molecule has 9 nitrogen and oxygen atoms in total. The number of aromatic nitrogens is 2. The summed E-state index contributed by atoms with van der Waals surface area (Å²) in [6.45, 7) is 10.4. The van der Waals surface area contributed by atoms with Crippen LogP contribution in [0, 0.1) is 5.92 Å². The minimum absolute atomic E-state index is 0.0218. The first-order valence-corrected chi connectivity index (χ1v) is 12.1. The van der Waals surface area contributed by atoms with Crippen LogP contribution < -0.4 is 10.6 Å². The molecule has 188 valence electrons. The summed E-state index contributed by atoms with van der Waals surface area (Å²) >= 11 is 0. The summed E-state index contributed by atoms with van der Waals surface area (Å²) in [5, 5.41) is 17.1. The van der Waals surface area contributed by atoms with Crippen molar-refractivity contribution in [1.29, 1.82) is 0 Å². The minimum Gasteiger partial charge on any atom is -0.464 e. The lowest BCUT2D eigenvalue weighted by molar-refractivity contribution is -0.119. The van der Waals surface area contributed by atoms with Crippen molar-refractivity contribution in [2.75, 3.05) is 24.4 Å². The summed E-state index contributed by atoms with van der Waals surface area (Å²) in [7, 11) is 1.33. The molecule has 0 aromatic carbocycles. The Morgan fingerprint density at radius 1 is 1.38 bits per heavy atom. The summed E-state index contributed by atoms with van der Waals surface area (Å²) in [5.74, 6) is -0.930. The maximum Gasteiger partial charge on any atom is 0.356 e. The molecule has 3 heterocycles. The van der Waals surface area contributed by atoms with Gasteiger partial charge in [-0.15, -0.1) is 0 Å². The van der Waals surface area contributed by atoms with Crippen molar-refractivity contribution < 1.29 is 24.2 Å². The van der Waals surface area contributed by atoms with E-state index in [-0.39, 0.29) is 29.7 Å². The number of hydrogen-bond acceptors (Lipinski definition) is 7. The van der Waals surface area contributed by atoms with Crippen LogP contribution in [0.1, 0.15) is 70.8 Å². The van der Waals surface area contributed by atoms with Crippen molar-refractivity contribution in [3.05, 3.63) is 18.0 Å². The summed E-state index contributed by atoms with van der Waals surface area (Å²) in [4.78, 5) is 30.5. The quantitative estimate of drug-likeness (QED) is 0.447. The van der Waals surface area contributed by atoms with E-state index in [2.05, 4.69) is 15.6 Å². The van der Waals surface area contributed by atoms with E-state index in [1.807, 2.05) is 26.8 Å². The van der Waals surface area contributed by atoms with E-state index in [1.165, 1.54) is 7.11 Å². The molecule has 3 N–H and O–H groups in total. The lowest BCUT2D eigenvalue weighted by atomic mass is 10.0. The maximum absolute atomic E-state index is 12.9. The Bertz CT molecular complexity index is 1020. The number of carbonyl (C=O) groups is 2. The monoisotopic (exact) mass is 474 g/mol. The van der Waals surface area contributed by atoms with Crippen molar-refractivity contribution in [3.8, 4) is 0 Å². The van der Waals surface area contributed by atoms with E-state index in [4.69, 9.17) is 9.47 Å². The number of amides is 1. The average Bonchev–Trinajstić information content (AvgIpc) is 3.38. The molecule has 0 unspecified atom stereocenters. The molecule has 2 aromatic heterocycles. The first-order valence-electron chi connectivity index (χ1n) is 12.1. The van der Waals surface area contributed by atoms with Crippen LogP contribution in [0.4, 0.5) is 11.4 Å². The minimum atomic E-state index is -0.817. The third-order valence-corrected chi connectivity index (χ3v) is 6.21. The number of aliphatic hydroxyl groups is 1. The molecule has 0 aliphatic carbocycles. The first-order chi connectivity index (χ1) is 16.0.